The molecule has 0 unspecified atom stereocenters. The summed E-state index contributed by atoms with van der Waals surface area (Å²) in [5.74, 6) is -0.734. The summed E-state index contributed by atoms with van der Waals surface area (Å²) in [7, 11) is 0. The molecule has 0 aliphatic heterocycles. The zero-order valence-electron chi connectivity index (χ0n) is 14.3. The number of benzene rings is 2. The van der Waals surface area contributed by atoms with E-state index in [0.29, 0.717) is 11.4 Å². The van der Waals surface area contributed by atoms with Crippen LogP contribution in [0.1, 0.15) is 12.5 Å². The van der Waals surface area contributed by atoms with E-state index in [4.69, 9.17) is 4.74 Å². The molecule has 0 atom stereocenters. The maximum absolute atomic E-state index is 12.2. The van der Waals surface area contributed by atoms with Crippen molar-refractivity contribution in [3.8, 4) is 0 Å². The molecule has 6 heteroatoms. The summed E-state index contributed by atoms with van der Waals surface area (Å²) in [6.07, 6.45) is 3.14. The molecule has 1 aromatic heterocycles. The molecule has 0 spiro atoms. The van der Waals surface area contributed by atoms with Gasteiger partial charge in [0.25, 0.3) is 5.91 Å². The van der Waals surface area contributed by atoms with Gasteiger partial charge in [0.15, 0.2) is 4.80 Å². The van der Waals surface area contributed by atoms with E-state index in [0.717, 1.165) is 15.8 Å². The Labute approximate surface area is 154 Å². The smallest absolute Gasteiger partial charge is 0.326 e. The van der Waals surface area contributed by atoms with Crippen LogP contribution in [0.3, 0.4) is 0 Å². The number of ether oxygens (including phenoxy) is 1. The second-order valence-electron chi connectivity index (χ2n) is 5.44. The van der Waals surface area contributed by atoms with Crippen LogP contribution >= 0.6 is 11.3 Å². The number of aromatic nitrogens is 1. The summed E-state index contributed by atoms with van der Waals surface area (Å²) in [4.78, 5) is 28.8. The lowest BCUT2D eigenvalue weighted by molar-refractivity contribution is -0.143. The first-order chi connectivity index (χ1) is 12.7. The number of para-hydroxylation sites is 1. The Bertz CT molecular complexity index is 1020. The van der Waals surface area contributed by atoms with Crippen LogP contribution in [0, 0.1) is 0 Å². The number of amides is 1. The van der Waals surface area contributed by atoms with Crippen LogP contribution in [-0.4, -0.2) is 23.1 Å². The third-order valence-corrected chi connectivity index (χ3v) is 4.66. The summed E-state index contributed by atoms with van der Waals surface area (Å²) in [6.45, 7) is 2.09. The van der Waals surface area contributed by atoms with Crippen LogP contribution in [0.4, 0.5) is 0 Å². The van der Waals surface area contributed by atoms with Gasteiger partial charge in [-0.3, -0.25) is 9.59 Å². The number of thiazole rings is 1. The number of esters is 1. The lowest BCUT2D eigenvalue weighted by Gasteiger charge is -2.04. The minimum Gasteiger partial charge on any atom is -0.465 e. The van der Waals surface area contributed by atoms with Gasteiger partial charge >= 0.3 is 5.97 Å². The Balaban J connectivity index is 1.95. The Hall–Kier alpha value is -2.99. The number of nitrogens with zero attached hydrogens (tertiary/aromatic N) is 2. The number of hydrogen-bond acceptors (Lipinski definition) is 4. The molecule has 2 aromatic carbocycles. The van der Waals surface area contributed by atoms with Crippen molar-refractivity contribution in [1.82, 2.24) is 4.57 Å². The molecule has 132 valence electrons. The molecule has 3 aromatic rings. The molecule has 0 aliphatic rings. The van der Waals surface area contributed by atoms with Gasteiger partial charge in [-0.25, -0.2) is 0 Å². The predicted molar refractivity (Wildman–Crippen MR) is 102 cm³/mol. The van der Waals surface area contributed by atoms with Crippen molar-refractivity contribution >= 4 is 39.5 Å². The normalized spacial score (nSPS) is 12.0. The summed E-state index contributed by atoms with van der Waals surface area (Å²) < 4.78 is 7.70. The molecule has 1 heterocycles. The zero-order valence-corrected chi connectivity index (χ0v) is 15.1. The average molecular weight is 366 g/mol. The Kier molecular flexibility index (Phi) is 5.76. The quantitative estimate of drug-likeness (QED) is 0.514. The fraction of sp³-hybridized carbons (Fsp3) is 0.150. The van der Waals surface area contributed by atoms with Gasteiger partial charge in [-0.2, -0.15) is 4.99 Å². The van der Waals surface area contributed by atoms with E-state index in [1.807, 2.05) is 54.6 Å². The van der Waals surface area contributed by atoms with Crippen molar-refractivity contribution < 1.29 is 14.3 Å². The van der Waals surface area contributed by atoms with Crippen LogP contribution in [0.2, 0.25) is 0 Å². The first-order valence-electron chi connectivity index (χ1n) is 8.23. The standard InChI is InChI=1S/C20H18N2O3S/c1-2-25-19(24)14-22-16-10-6-7-11-17(16)26-20(22)21-18(23)13-12-15-8-4-3-5-9-15/h3-13H,2,14H2,1H3. The summed E-state index contributed by atoms with van der Waals surface area (Å²) in [6, 6.07) is 17.2. The molecule has 5 nitrogen and oxygen atoms in total. The Morgan fingerprint density at radius 3 is 2.62 bits per heavy atom. The molecule has 0 saturated carbocycles. The van der Waals surface area contributed by atoms with E-state index in [-0.39, 0.29) is 18.4 Å². The lowest BCUT2D eigenvalue weighted by atomic mass is 10.2. The van der Waals surface area contributed by atoms with E-state index in [1.165, 1.54) is 17.4 Å². The molecule has 3 rings (SSSR count). The van der Waals surface area contributed by atoms with E-state index in [9.17, 15) is 9.59 Å². The van der Waals surface area contributed by atoms with Crippen molar-refractivity contribution in [3.63, 3.8) is 0 Å². The minimum absolute atomic E-state index is 0.0202. The Morgan fingerprint density at radius 1 is 1.12 bits per heavy atom. The maximum atomic E-state index is 12.2. The Morgan fingerprint density at radius 2 is 1.85 bits per heavy atom. The number of hydrogen-bond donors (Lipinski definition) is 0. The molecule has 0 aliphatic carbocycles. The third kappa shape index (κ3) is 4.34. The van der Waals surface area contributed by atoms with Crippen molar-refractivity contribution in [2.45, 2.75) is 13.5 Å². The SMILES string of the molecule is CCOC(=O)Cn1c(=NC(=O)C=Cc2ccccc2)sc2ccccc21. The molecule has 0 fully saturated rings. The highest BCUT2D eigenvalue weighted by atomic mass is 32.1. The van der Waals surface area contributed by atoms with Crippen LogP contribution in [0.25, 0.3) is 16.3 Å². The van der Waals surface area contributed by atoms with E-state index in [1.54, 1.807) is 17.6 Å². The van der Waals surface area contributed by atoms with Crippen molar-refractivity contribution in [2.24, 2.45) is 4.99 Å². The van der Waals surface area contributed by atoms with E-state index in [2.05, 4.69) is 4.99 Å². The van der Waals surface area contributed by atoms with Gasteiger partial charge in [-0.1, -0.05) is 53.8 Å². The van der Waals surface area contributed by atoms with Crippen LogP contribution < -0.4 is 4.80 Å². The monoisotopic (exact) mass is 366 g/mol. The van der Waals surface area contributed by atoms with Gasteiger partial charge in [-0.05, 0) is 30.7 Å². The van der Waals surface area contributed by atoms with Gasteiger partial charge in [0, 0.05) is 6.08 Å². The van der Waals surface area contributed by atoms with E-state index < -0.39 is 0 Å². The van der Waals surface area contributed by atoms with E-state index >= 15 is 0 Å². The highest BCUT2D eigenvalue weighted by molar-refractivity contribution is 7.16. The summed E-state index contributed by atoms with van der Waals surface area (Å²) in [5.41, 5.74) is 1.77. The molecule has 1 amide bonds. The van der Waals surface area contributed by atoms with Gasteiger partial charge in [-0.15, -0.1) is 0 Å². The molecule has 0 radical (unpaired) electrons. The highest BCUT2D eigenvalue weighted by Crippen LogP contribution is 2.16. The van der Waals surface area contributed by atoms with Crippen LogP contribution in [0.5, 0.6) is 0 Å². The first-order valence-corrected chi connectivity index (χ1v) is 9.05. The van der Waals surface area contributed by atoms with Gasteiger partial charge in [0.1, 0.15) is 6.54 Å². The zero-order chi connectivity index (χ0) is 18.4. The lowest BCUT2D eigenvalue weighted by Crippen LogP contribution is -2.22. The highest BCUT2D eigenvalue weighted by Gasteiger charge is 2.11. The van der Waals surface area contributed by atoms with Crippen LogP contribution in [0.15, 0.2) is 65.7 Å². The summed E-state index contributed by atoms with van der Waals surface area (Å²) in [5, 5.41) is 0. The largest absolute Gasteiger partial charge is 0.465 e. The fourth-order valence-corrected chi connectivity index (χ4v) is 3.49. The summed E-state index contributed by atoms with van der Waals surface area (Å²) >= 11 is 1.37. The topological polar surface area (TPSA) is 60.7 Å². The van der Waals surface area contributed by atoms with Gasteiger partial charge in [0.05, 0.1) is 16.8 Å². The third-order valence-electron chi connectivity index (χ3n) is 3.60. The first kappa shape index (κ1) is 17.8. The van der Waals surface area contributed by atoms with Crippen LogP contribution in [-0.2, 0) is 20.9 Å². The molecule has 26 heavy (non-hydrogen) atoms. The molecular weight excluding hydrogens is 348 g/mol. The number of fused-ring (bicyclic) bond motifs is 1. The average Bonchev–Trinajstić information content (AvgIpc) is 2.98. The minimum atomic E-state index is -0.377. The molecule has 0 N–H and O–H groups in total. The second-order valence-corrected chi connectivity index (χ2v) is 6.45. The van der Waals surface area contributed by atoms with Gasteiger partial charge in [0.2, 0.25) is 0 Å². The molecular formula is C20H18N2O3S. The number of carbonyl (C=O) groups excluding carboxylic acids is 2. The predicted octanol–water partition coefficient (Wildman–Crippen LogP) is 3.41. The van der Waals surface area contributed by atoms with Crippen molar-refractivity contribution in [3.05, 3.63) is 71.0 Å². The molecule has 0 bridgehead atoms. The number of carbonyl (C=O) groups is 2. The van der Waals surface area contributed by atoms with Crippen molar-refractivity contribution in [2.75, 3.05) is 6.61 Å². The maximum Gasteiger partial charge on any atom is 0.326 e. The second kappa shape index (κ2) is 8.40. The molecule has 0 saturated heterocycles. The fourth-order valence-electron chi connectivity index (χ4n) is 2.46. The van der Waals surface area contributed by atoms with Crippen molar-refractivity contribution in [1.29, 1.82) is 0 Å². The van der Waals surface area contributed by atoms with Gasteiger partial charge < -0.3 is 9.30 Å². The number of rotatable bonds is 5.